The van der Waals surface area contributed by atoms with E-state index >= 15 is 0 Å². The maximum absolute atomic E-state index is 11.1. The molecular weight excluding hydrogens is 178 g/mol. The lowest BCUT2D eigenvalue weighted by Crippen LogP contribution is -2.09. The normalized spacial score (nSPS) is 8.71. The van der Waals surface area contributed by atoms with Crippen molar-refractivity contribution in [1.29, 1.82) is 0 Å². The van der Waals surface area contributed by atoms with Crippen LogP contribution in [-0.2, 0) is 4.79 Å². The minimum Gasteiger partial charge on any atom is -0.508 e. The number of aryl methyl sites for hydroxylation is 1. The largest absolute Gasteiger partial charge is 0.508 e. The molecule has 14 heavy (non-hydrogen) atoms. The number of carbonyl (C=O) groups is 1. The second-order valence-corrected chi connectivity index (χ2v) is 2.83. The summed E-state index contributed by atoms with van der Waals surface area (Å²) in [7, 11) is 0. The third-order valence-corrected chi connectivity index (χ3v) is 1.70. The number of phenols is 1. The molecule has 0 aliphatic carbocycles. The molecule has 1 aromatic rings. The van der Waals surface area contributed by atoms with Gasteiger partial charge in [-0.1, -0.05) is 5.92 Å². The Labute approximate surface area is 82.8 Å². The fourth-order valence-electron chi connectivity index (χ4n) is 1.06. The number of carbonyl (C=O) groups excluding carboxylic acids is 1. The molecule has 2 N–H and O–H groups in total. The van der Waals surface area contributed by atoms with Crippen molar-refractivity contribution in [2.24, 2.45) is 0 Å². The summed E-state index contributed by atoms with van der Waals surface area (Å²) in [4.78, 5) is 11.1. The predicted molar refractivity (Wildman–Crippen MR) is 54.9 cm³/mol. The Morgan fingerprint density at radius 3 is 2.79 bits per heavy atom. The maximum atomic E-state index is 11.1. The van der Waals surface area contributed by atoms with Crippen LogP contribution in [0.5, 0.6) is 5.75 Å². The average molecular weight is 189 g/mol. The molecule has 0 radical (unpaired) electrons. The summed E-state index contributed by atoms with van der Waals surface area (Å²) in [6.45, 7) is 3.40. The van der Waals surface area contributed by atoms with Crippen molar-refractivity contribution >= 4 is 11.6 Å². The highest BCUT2D eigenvalue weighted by Crippen LogP contribution is 2.19. The van der Waals surface area contributed by atoms with E-state index in [0.29, 0.717) is 5.69 Å². The molecule has 0 aliphatic heterocycles. The number of hydrogen-bond donors (Lipinski definition) is 2. The van der Waals surface area contributed by atoms with Crippen LogP contribution in [0.3, 0.4) is 0 Å². The molecule has 0 heterocycles. The van der Waals surface area contributed by atoms with Crippen LogP contribution >= 0.6 is 0 Å². The lowest BCUT2D eigenvalue weighted by atomic mass is 10.2. The van der Waals surface area contributed by atoms with Gasteiger partial charge >= 0.3 is 0 Å². The molecule has 1 aromatic carbocycles. The van der Waals surface area contributed by atoms with Crippen molar-refractivity contribution < 1.29 is 9.90 Å². The van der Waals surface area contributed by atoms with Crippen LogP contribution in [0.25, 0.3) is 0 Å². The van der Waals surface area contributed by atoms with E-state index in [1.807, 2.05) is 0 Å². The van der Waals surface area contributed by atoms with E-state index < -0.39 is 0 Å². The standard InChI is InChI=1S/C11H11NO2/c1-3-4-11(14)12-10-6-5-9(13)7-8(10)2/h5-7,13H,1-2H3,(H,12,14). The highest BCUT2D eigenvalue weighted by atomic mass is 16.3. The summed E-state index contributed by atoms with van der Waals surface area (Å²) in [6, 6.07) is 4.73. The number of nitrogens with one attached hydrogen (secondary N) is 1. The SMILES string of the molecule is CC#CC(=O)Nc1ccc(O)cc1C. The van der Waals surface area contributed by atoms with Crippen LogP contribution < -0.4 is 5.32 Å². The molecular formula is C11H11NO2. The molecule has 0 unspecified atom stereocenters. The number of hydrogen-bond acceptors (Lipinski definition) is 2. The topological polar surface area (TPSA) is 49.3 Å². The van der Waals surface area contributed by atoms with Crippen LogP contribution in [0.4, 0.5) is 5.69 Å². The summed E-state index contributed by atoms with van der Waals surface area (Å²) < 4.78 is 0. The second kappa shape index (κ2) is 4.33. The Hall–Kier alpha value is -1.95. The zero-order chi connectivity index (χ0) is 10.6. The van der Waals surface area contributed by atoms with E-state index in [1.165, 1.54) is 6.07 Å². The van der Waals surface area contributed by atoms with Gasteiger partial charge < -0.3 is 10.4 Å². The van der Waals surface area contributed by atoms with Gasteiger partial charge in [0.2, 0.25) is 0 Å². The Morgan fingerprint density at radius 1 is 1.50 bits per heavy atom. The van der Waals surface area contributed by atoms with E-state index in [4.69, 9.17) is 5.11 Å². The first-order chi connectivity index (χ1) is 6.63. The van der Waals surface area contributed by atoms with Crippen LogP contribution in [0.1, 0.15) is 12.5 Å². The molecule has 0 aromatic heterocycles. The lowest BCUT2D eigenvalue weighted by Gasteiger charge is -2.05. The van der Waals surface area contributed by atoms with Crippen molar-refractivity contribution in [3.8, 4) is 17.6 Å². The number of amides is 1. The van der Waals surface area contributed by atoms with Gasteiger partial charge in [0.05, 0.1) is 0 Å². The molecule has 0 atom stereocenters. The van der Waals surface area contributed by atoms with Gasteiger partial charge in [0.25, 0.3) is 5.91 Å². The van der Waals surface area contributed by atoms with E-state index in [9.17, 15) is 4.79 Å². The lowest BCUT2D eigenvalue weighted by molar-refractivity contribution is -0.111. The monoisotopic (exact) mass is 189 g/mol. The van der Waals surface area contributed by atoms with Crippen LogP contribution in [-0.4, -0.2) is 11.0 Å². The van der Waals surface area contributed by atoms with Crippen LogP contribution in [0, 0.1) is 18.8 Å². The van der Waals surface area contributed by atoms with Crippen LogP contribution in [0.15, 0.2) is 18.2 Å². The maximum Gasteiger partial charge on any atom is 0.300 e. The number of aromatic hydroxyl groups is 1. The zero-order valence-corrected chi connectivity index (χ0v) is 8.09. The Balaban J connectivity index is 2.85. The van der Waals surface area contributed by atoms with Gasteiger partial charge in [-0.2, -0.15) is 0 Å². The highest BCUT2D eigenvalue weighted by Gasteiger charge is 2.01. The minimum atomic E-state index is -0.346. The predicted octanol–water partition coefficient (Wildman–Crippen LogP) is 1.66. The van der Waals surface area contributed by atoms with Gasteiger partial charge in [0.1, 0.15) is 5.75 Å². The Bertz CT molecular complexity index is 413. The second-order valence-electron chi connectivity index (χ2n) is 2.83. The van der Waals surface area contributed by atoms with Gasteiger partial charge in [-0.15, -0.1) is 0 Å². The zero-order valence-electron chi connectivity index (χ0n) is 8.09. The van der Waals surface area contributed by atoms with E-state index in [1.54, 1.807) is 26.0 Å². The quantitative estimate of drug-likeness (QED) is 0.521. The molecule has 1 amide bonds. The molecule has 0 aliphatic rings. The number of anilines is 1. The molecule has 0 spiro atoms. The summed E-state index contributed by atoms with van der Waals surface area (Å²) in [5, 5.41) is 11.7. The van der Waals surface area contributed by atoms with Crippen molar-refractivity contribution in [3.63, 3.8) is 0 Å². The Kier molecular flexibility index (Phi) is 3.14. The first-order valence-corrected chi connectivity index (χ1v) is 4.17. The van der Waals surface area contributed by atoms with Gasteiger partial charge in [-0.05, 0) is 43.5 Å². The smallest absolute Gasteiger partial charge is 0.300 e. The van der Waals surface area contributed by atoms with Gasteiger partial charge in [-0.25, -0.2) is 0 Å². The average Bonchev–Trinajstić information content (AvgIpc) is 2.10. The summed E-state index contributed by atoms with van der Waals surface area (Å²) in [5.74, 6) is 4.72. The number of benzene rings is 1. The summed E-state index contributed by atoms with van der Waals surface area (Å²) in [5.41, 5.74) is 1.46. The minimum absolute atomic E-state index is 0.182. The van der Waals surface area contributed by atoms with Crippen molar-refractivity contribution in [1.82, 2.24) is 0 Å². The number of rotatable bonds is 1. The summed E-state index contributed by atoms with van der Waals surface area (Å²) >= 11 is 0. The van der Waals surface area contributed by atoms with E-state index in [2.05, 4.69) is 17.2 Å². The third kappa shape index (κ3) is 2.53. The fraction of sp³-hybridized carbons (Fsp3) is 0.182. The molecule has 0 bridgehead atoms. The van der Waals surface area contributed by atoms with Crippen molar-refractivity contribution in [2.45, 2.75) is 13.8 Å². The number of phenolic OH excluding ortho intramolecular Hbond substituents is 1. The molecule has 0 fully saturated rings. The summed E-state index contributed by atoms with van der Waals surface area (Å²) in [6.07, 6.45) is 0. The van der Waals surface area contributed by atoms with Gasteiger partial charge in [0.15, 0.2) is 0 Å². The van der Waals surface area contributed by atoms with Crippen molar-refractivity contribution in [2.75, 3.05) is 5.32 Å². The van der Waals surface area contributed by atoms with Crippen molar-refractivity contribution in [3.05, 3.63) is 23.8 Å². The molecule has 1 rings (SSSR count). The van der Waals surface area contributed by atoms with Crippen LogP contribution in [0.2, 0.25) is 0 Å². The molecule has 3 nitrogen and oxygen atoms in total. The van der Waals surface area contributed by atoms with Gasteiger partial charge in [0, 0.05) is 5.69 Å². The third-order valence-electron chi connectivity index (χ3n) is 1.70. The van der Waals surface area contributed by atoms with E-state index in [-0.39, 0.29) is 11.7 Å². The highest BCUT2D eigenvalue weighted by molar-refractivity contribution is 6.04. The first-order valence-electron chi connectivity index (χ1n) is 4.17. The first kappa shape index (κ1) is 10.1. The Morgan fingerprint density at radius 2 is 2.21 bits per heavy atom. The molecule has 0 saturated carbocycles. The van der Waals surface area contributed by atoms with Gasteiger partial charge in [-0.3, -0.25) is 4.79 Å². The molecule has 0 saturated heterocycles. The van der Waals surface area contributed by atoms with E-state index in [0.717, 1.165) is 5.56 Å². The molecule has 3 heteroatoms. The fourth-order valence-corrected chi connectivity index (χ4v) is 1.06. The molecule has 72 valence electrons.